The lowest BCUT2D eigenvalue weighted by Gasteiger charge is -2.38. The fourth-order valence-electron chi connectivity index (χ4n) is 3.56. The molecule has 0 saturated carbocycles. The molecule has 1 atom stereocenters. The number of rotatable bonds is 1. The molecule has 25 heavy (non-hydrogen) atoms. The Morgan fingerprint density at radius 3 is 2.56 bits per heavy atom. The third-order valence-electron chi connectivity index (χ3n) is 5.05. The first-order valence-electron chi connectivity index (χ1n) is 8.40. The molecule has 2 aliphatic rings. The minimum Gasteiger partial charge on any atom is -0.591 e. The van der Waals surface area contributed by atoms with E-state index in [4.69, 9.17) is 0 Å². The van der Waals surface area contributed by atoms with Crippen molar-refractivity contribution in [2.75, 3.05) is 13.1 Å². The van der Waals surface area contributed by atoms with Crippen LogP contribution in [0, 0.1) is 5.41 Å². The summed E-state index contributed by atoms with van der Waals surface area (Å²) in [5.74, 6) is 0. The summed E-state index contributed by atoms with van der Waals surface area (Å²) in [6, 6.07) is 6.15. The zero-order valence-electron chi connectivity index (χ0n) is 14.7. The van der Waals surface area contributed by atoms with E-state index in [0.717, 1.165) is 22.2 Å². The van der Waals surface area contributed by atoms with Crippen molar-refractivity contribution in [1.82, 2.24) is 4.90 Å². The highest BCUT2D eigenvalue weighted by atomic mass is 79.9. The number of amides is 1. The average molecular weight is 427 g/mol. The predicted molar refractivity (Wildman–Crippen MR) is 104 cm³/mol. The van der Waals surface area contributed by atoms with Crippen molar-refractivity contribution in [2.45, 2.75) is 44.8 Å². The van der Waals surface area contributed by atoms with Crippen molar-refractivity contribution in [3.63, 3.8) is 0 Å². The van der Waals surface area contributed by atoms with Crippen LogP contribution in [0.4, 0.5) is 4.79 Å². The molecule has 1 fully saturated rings. The lowest BCUT2D eigenvalue weighted by molar-refractivity contribution is 0.115. The van der Waals surface area contributed by atoms with E-state index in [1.807, 2.05) is 32.9 Å². The van der Waals surface area contributed by atoms with Crippen LogP contribution in [0.3, 0.4) is 0 Å². The van der Waals surface area contributed by atoms with Gasteiger partial charge in [0.2, 0.25) is 0 Å². The van der Waals surface area contributed by atoms with Gasteiger partial charge in [-0.15, -0.1) is 0 Å². The monoisotopic (exact) mass is 426 g/mol. The molecule has 0 radical (unpaired) electrons. The average Bonchev–Trinajstić information content (AvgIpc) is 2.80. The van der Waals surface area contributed by atoms with Crippen LogP contribution in [0.2, 0.25) is 0 Å². The minimum atomic E-state index is -1.34. The zero-order valence-corrected chi connectivity index (χ0v) is 17.1. The molecule has 1 aromatic rings. The number of fused-ring (bicyclic) bond motifs is 1. The molecule has 1 amide bonds. The van der Waals surface area contributed by atoms with Crippen LogP contribution in [0.15, 0.2) is 27.1 Å². The fraction of sp³-hybridized carbons (Fsp3) is 0.556. The van der Waals surface area contributed by atoms with Crippen molar-refractivity contribution in [3.05, 3.63) is 33.8 Å². The second-order valence-corrected chi connectivity index (χ2v) is 10.7. The van der Waals surface area contributed by atoms with E-state index < -0.39 is 22.2 Å². The van der Waals surface area contributed by atoms with Gasteiger partial charge in [-0.3, -0.25) is 0 Å². The molecule has 1 heterocycles. The van der Waals surface area contributed by atoms with Gasteiger partial charge in [0.25, 0.3) is 0 Å². The minimum absolute atomic E-state index is 0.212. The van der Waals surface area contributed by atoms with Crippen LogP contribution in [-0.2, 0) is 17.8 Å². The van der Waals surface area contributed by atoms with Gasteiger partial charge in [-0.25, -0.2) is 4.79 Å². The smallest absolute Gasteiger partial charge is 0.407 e. The standard InChI is InChI=1S/C18H23BrN2O3S/c1-17(2,3)25(24)20-15-14-10-13(19)5-4-12(14)11-18(15)6-8-21(9-7-18)16(22)23/h4-5,10H,6-9,11H2,1-3H3,(H,22,23)/b20-15-. The zero-order chi connectivity index (χ0) is 18.4. The number of halogens is 1. The summed E-state index contributed by atoms with van der Waals surface area (Å²) in [6.07, 6.45) is 1.39. The summed E-state index contributed by atoms with van der Waals surface area (Å²) in [5.41, 5.74) is 2.94. The van der Waals surface area contributed by atoms with Gasteiger partial charge in [-0.1, -0.05) is 26.4 Å². The Balaban J connectivity index is 2.01. The number of hydrogen-bond acceptors (Lipinski definition) is 3. The Morgan fingerprint density at radius 2 is 2.00 bits per heavy atom. The van der Waals surface area contributed by atoms with Gasteiger partial charge in [-0.2, -0.15) is 0 Å². The first-order valence-corrected chi connectivity index (χ1v) is 10.3. The van der Waals surface area contributed by atoms with Gasteiger partial charge >= 0.3 is 6.09 Å². The fourth-order valence-corrected chi connectivity index (χ4v) is 4.66. The van der Waals surface area contributed by atoms with Gasteiger partial charge in [0.1, 0.15) is 21.8 Å². The second kappa shape index (κ2) is 6.59. The highest BCUT2D eigenvalue weighted by molar-refractivity contribution is 9.10. The lowest BCUT2D eigenvalue weighted by Crippen LogP contribution is -2.45. The number of hydrogen-bond donors (Lipinski definition) is 1. The summed E-state index contributed by atoms with van der Waals surface area (Å²) in [7, 11) is 0. The van der Waals surface area contributed by atoms with E-state index in [-0.39, 0.29) is 5.41 Å². The van der Waals surface area contributed by atoms with E-state index in [1.165, 1.54) is 10.5 Å². The van der Waals surface area contributed by atoms with Gasteiger partial charge in [0.05, 0.1) is 0 Å². The molecule has 1 aromatic carbocycles. The van der Waals surface area contributed by atoms with Crippen LogP contribution in [-0.4, -0.2) is 44.2 Å². The largest absolute Gasteiger partial charge is 0.591 e. The Hall–Kier alpha value is -1.05. The molecule has 136 valence electrons. The summed E-state index contributed by atoms with van der Waals surface area (Å²) < 4.78 is 17.9. The Bertz CT molecular complexity index is 722. The molecule has 0 bridgehead atoms. The van der Waals surface area contributed by atoms with Crippen LogP contribution in [0.25, 0.3) is 0 Å². The second-order valence-electron chi connectivity index (χ2n) is 7.83. The van der Waals surface area contributed by atoms with E-state index in [9.17, 15) is 14.5 Å². The van der Waals surface area contributed by atoms with Crippen LogP contribution < -0.4 is 0 Å². The predicted octanol–water partition coefficient (Wildman–Crippen LogP) is 4.02. The molecule has 1 spiro atoms. The van der Waals surface area contributed by atoms with Gasteiger partial charge in [-0.05, 0) is 57.7 Å². The molecule has 1 saturated heterocycles. The Kier molecular flexibility index (Phi) is 4.94. The van der Waals surface area contributed by atoms with Crippen molar-refractivity contribution in [2.24, 2.45) is 9.81 Å². The van der Waals surface area contributed by atoms with E-state index >= 15 is 0 Å². The Labute approximate surface area is 160 Å². The SMILES string of the molecule is CC(C)(C)[S+]([O-])/N=C1/c2cc(Br)ccc2CC12CCN(C(=O)O)CC2. The molecule has 1 N–H and O–H groups in total. The van der Waals surface area contributed by atoms with Gasteiger partial charge in [0.15, 0.2) is 0 Å². The molecule has 1 aliphatic heterocycles. The van der Waals surface area contributed by atoms with Crippen LogP contribution in [0.5, 0.6) is 0 Å². The molecular weight excluding hydrogens is 404 g/mol. The van der Waals surface area contributed by atoms with E-state index in [2.05, 4.69) is 26.4 Å². The Morgan fingerprint density at radius 1 is 1.36 bits per heavy atom. The quantitative estimate of drug-likeness (QED) is 0.688. The number of carbonyl (C=O) groups is 1. The van der Waals surface area contributed by atoms with Gasteiger partial charge < -0.3 is 14.6 Å². The van der Waals surface area contributed by atoms with Crippen LogP contribution >= 0.6 is 15.9 Å². The summed E-state index contributed by atoms with van der Waals surface area (Å²) >= 11 is 2.18. The molecule has 1 unspecified atom stereocenters. The third kappa shape index (κ3) is 3.59. The maximum atomic E-state index is 12.7. The van der Waals surface area contributed by atoms with Crippen molar-refractivity contribution >= 4 is 39.1 Å². The maximum Gasteiger partial charge on any atom is 0.407 e. The molecule has 3 rings (SSSR count). The number of benzene rings is 1. The molecule has 0 aromatic heterocycles. The maximum absolute atomic E-state index is 12.7. The van der Waals surface area contributed by atoms with Crippen molar-refractivity contribution in [1.29, 1.82) is 0 Å². The number of carboxylic acid groups (broad SMARTS) is 1. The molecule has 7 heteroatoms. The topological polar surface area (TPSA) is 76.0 Å². The van der Waals surface area contributed by atoms with Crippen LogP contribution in [0.1, 0.15) is 44.7 Å². The number of nitrogens with zero attached hydrogens (tertiary/aromatic N) is 2. The van der Waals surface area contributed by atoms with E-state index in [1.54, 1.807) is 0 Å². The number of likely N-dealkylation sites (tertiary alicyclic amines) is 1. The first-order chi connectivity index (χ1) is 11.6. The summed E-state index contributed by atoms with van der Waals surface area (Å²) in [6.45, 7) is 6.74. The normalized spacial score (nSPS) is 22.3. The van der Waals surface area contributed by atoms with Gasteiger partial charge in [0, 0.05) is 28.5 Å². The summed E-state index contributed by atoms with van der Waals surface area (Å²) in [4.78, 5) is 12.7. The third-order valence-corrected chi connectivity index (χ3v) is 6.94. The van der Waals surface area contributed by atoms with Crippen molar-refractivity contribution < 1.29 is 14.5 Å². The first kappa shape index (κ1) is 18.7. The lowest BCUT2D eigenvalue weighted by atomic mass is 9.74. The highest BCUT2D eigenvalue weighted by Crippen LogP contribution is 2.46. The van der Waals surface area contributed by atoms with E-state index in [0.29, 0.717) is 25.9 Å². The molecular formula is C18H23BrN2O3S. The highest BCUT2D eigenvalue weighted by Gasteiger charge is 2.48. The van der Waals surface area contributed by atoms with Crippen molar-refractivity contribution in [3.8, 4) is 0 Å². The summed E-state index contributed by atoms with van der Waals surface area (Å²) in [5, 5.41) is 9.24. The number of piperidine rings is 1. The molecule has 5 nitrogen and oxygen atoms in total. The molecule has 1 aliphatic carbocycles.